The van der Waals surface area contributed by atoms with Crippen LogP contribution in [0.4, 0.5) is 18.9 Å². The number of hydrogen-bond donors (Lipinski definition) is 1. The summed E-state index contributed by atoms with van der Waals surface area (Å²) in [5.41, 5.74) is 3.91. The van der Waals surface area contributed by atoms with Gasteiger partial charge in [-0.15, -0.1) is 0 Å². The first kappa shape index (κ1) is 13.1. The van der Waals surface area contributed by atoms with Crippen molar-refractivity contribution < 1.29 is 18.0 Å². The lowest BCUT2D eigenvalue weighted by atomic mass is 10.1. The highest BCUT2D eigenvalue weighted by molar-refractivity contribution is 6.07. The van der Waals surface area contributed by atoms with Gasteiger partial charge in [0.25, 0.3) is 0 Å². The van der Waals surface area contributed by atoms with Crippen LogP contribution in [0.5, 0.6) is 0 Å². The van der Waals surface area contributed by atoms with Gasteiger partial charge >= 0.3 is 0 Å². The van der Waals surface area contributed by atoms with Gasteiger partial charge in [0.15, 0.2) is 5.83 Å². The van der Waals surface area contributed by atoms with Gasteiger partial charge in [0.05, 0.1) is 0 Å². The number of benzene rings is 1. The Hall–Kier alpha value is -1.98. The van der Waals surface area contributed by atoms with Crippen molar-refractivity contribution in [2.24, 2.45) is 0 Å². The maximum Gasteiger partial charge on any atom is 0.223 e. The third-order valence-corrected chi connectivity index (χ3v) is 1.93. The second-order valence-corrected chi connectivity index (χ2v) is 3.62. The fourth-order valence-electron chi connectivity index (χ4n) is 1.14. The summed E-state index contributed by atoms with van der Waals surface area (Å²) in [6.07, 6.45) is 0.911. The Balaban J connectivity index is 3.14. The zero-order chi connectivity index (χ0) is 13.2. The zero-order valence-corrected chi connectivity index (χ0v) is 9.30. The Morgan fingerprint density at radius 3 is 2.18 bits per heavy atom. The summed E-state index contributed by atoms with van der Waals surface area (Å²) in [5, 5.41) is 0. The van der Waals surface area contributed by atoms with Crippen LogP contribution in [0.15, 0.2) is 24.2 Å². The summed E-state index contributed by atoms with van der Waals surface area (Å²) >= 11 is 0. The van der Waals surface area contributed by atoms with E-state index in [0.717, 1.165) is 6.20 Å². The number of carbonyl (C=O) groups is 1. The molecule has 0 radical (unpaired) electrons. The molecule has 6 heteroatoms. The van der Waals surface area contributed by atoms with E-state index in [2.05, 4.69) is 0 Å². The molecule has 0 aliphatic carbocycles. The third-order valence-electron chi connectivity index (χ3n) is 1.93. The molecule has 2 N–H and O–H groups in total. The zero-order valence-electron chi connectivity index (χ0n) is 9.30. The second-order valence-electron chi connectivity index (χ2n) is 3.62. The standard InChI is InChI=1S/C11H11F3N2O/c1-16(2)5-9(14)11(17)6-3-7(12)10(15)8(13)4-6/h3-5H,15H2,1-2H3/b9-5-. The average molecular weight is 244 g/mol. The maximum absolute atomic E-state index is 13.3. The molecule has 0 saturated carbocycles. The number of nitrogens with zero attached hydrogens (tertiary/aromatic N) is 1. The van der Waals surface area contributed by atoms with E-state index in [-0.39, 0.29) is 0 Å². The van der Waals surface area contributed by atoms with Gasteiger partial charge in [-0.05, 0) is 12.1 Å². The van der Waals surface area contributed by atoms with Crippen LogP contribution in [0.2, 0.25) is 0 Å². The predicted molar refractivity (Wildman–Crippen MR) is 58.0 cm³/mol. The minimum Gasteiger partial charge on any atom is -0.394 e. The molecule has 0 saturated heterocycles. The van der Waals surface area contributed by atoms with E-state index in [1.54, 1.807) is 0 Å². The number of allylic oxidation sites excluding steroid dienone is 1. The molecule has 3 nitrogen and oxygen atoms in total. The number of rotatable bonds is 3. The molecule has 0 aliphatic heterocycles. The summed E-state index contributed by atoms with van der Waals surface area (Å²) in [7, 11) is 3.02. The van der Waals surface area contributed by atoms with E-state index >= 15 is 0 Å². The largest absolute Gasteiger partial charge is 0.394 e. The molecule has 0 atom stereocenters. The number of nitrogen functional groups attached to an aromatic ring is 1. The van der Waals surface area contributed by atoms with Crippen molar-refractivity contribution in [1.82, 2.24) is 4.90 Å². The molecule has 0 fully saturated rings. The molecule has 0 aromatic heterocycles. The quantitative estimate of drug-likeness (QED) is 0.503. The fraction of sp³-hybridized carbons (Fsp3) is 0.182. The summed E-state index contributed by atoms with van der Waals surface area (Å²) in [5.74, 6) is -4.40. The summed E-state index contributed by atoms with van der Waals surface area (Å²) in [6, 6.07) is 1.40. The molecule has 0 heterocycles. The highest BCUT2D eigenvalue weighted by atomic mass is 19.1. The third kappa shape index (κ3) is 2.99. The number of ketones is 1. The maximum atomic E-state index is 13.3. The van der Waals surface area contributed by atoms with Gasteiger partial charge in [0.2, 0.25) is 5.78 Å². The number of nitrogens with two attached hydrogens (primary N) is 1. The number of Topliss-reactive ketones (excluding diaryl/α,β-unsaturated/α-hetero) is 1. The van der Waals surface area contributed by atoms with Crippen molar-refractivity contribution in [1.29, 1.82) is 0 Å². The Labute approximate surface area is 96.3 Å². The van der Waals surface area contributed by atoms with Crippen molar-refractivity contribution >= 4 is 11.5 Å². The normalized spacial score (nSPS) is 11.5. The van der Waals surface area contributed by atoms with Crippen molar-refractivity contribution in [3.8, 4) is 0 Å². The van der Waals surface area contributed by atoms with E-state index in [1.165, 1.54) is 19.0 Å². The average Bonchev–Trinajstić information content (AvgIpc) is 2.23. The van der Waals surface area contributed by atoms with Crippen LogP contribution in [0.1, 0.15) is 10.4 Å². The van der Waals surface area contributed by atoms with E-state index in [4.69, 9.17) is 5.73 Å². The Bertz CT molecular complexity index is 461. The minimum atomic E-state index is -1.11. The van der Waals surface area contributed by atoms with E-state index < -0.39 is 34.5 Å². The molecule has 1 rings (SSSR count). The summed E-state index contributed by atoms with van der Waals surface area (Å²) < 4.78 is 39.4. The Kier molecular flexibility index (Phi) is 3.77. The smallest absolute Gasteiger partial charge is 0.223 e. The molecule has 0 spiro atoms. The second kappa shape index (κ2) is 4.90. The highest BCUT2D eigenvalue weighted by Gasteiger charge is 2.17. The SMILES string of the molecule is CN(C)/C=C(\F)C(=O)c1cc(F)c(N)c(F)c1. The highest BCUT2D eigenvalue weighted by Crippen LogP contribution is 2.19. The lowest BCUT2D eigenvalue weighted by Gasteiger charge is -2.06. The van der Waals surface area contributed by atoms with Crippen LogP contribution < -0.4 is 5.73 Å². The first-order valence-electron chi connectivity index (χ1n) is 4.66. The van der Waals surface area contributed by atoms with Crippen LogP contribution in [-0.2, 0) is 0 Å². The monoisotopic (exact) mass is 244 g/mol. The van der Waals surface area contributed by atoms with E-state index in [0.29, 0.717) is 12.1 Å². The van der Waals surface area contributed by atoms with Crippen LogP contribution in [0, 0.1) is 11.6 Å². The van der Waals surface area contributed by atoms with Gasteiger partial charge in [-0.3, -0.25) is 4.79 Å². The van der Waals surface area contributed by atoms with Gasteiger partial charge < -0.3 is 10.6 Å². The molecule has 92 valence electrons. The Morgan fingerprint density at radius 1 is 1.29 bits per heavy atom. The van der Waals surface area contributed by atoms with Crippen molar-refractivity contribution in [3.63, 3.8) is 0 Å². The molecule has 0 aliphatic rings. The predicted octanol–water partition coefficient (Wildman–Crippen LogP) is 2.10. The number of hydrogen-bond acceptors (Lipinski definition) is 3. The topological polar surface area (TPSA) is 46.3 Å². The van der Waals surface area contributed by atoms with Crippen molar-refractivity contribution in [3.05, 3.63) is 41.4 Å². The molecule has 0 bridgehead atoms. The Morgan fingerprint density at radius 2 is 1.76 bits per heavy atom. The first-order valence-corrected chi connectivity index (χ1v) is 4.66. The van der Waals surface area contributed by atoms with Gasteiger partial charge in [-0.2, -0.15) is 0 Å². The van der Waals surface area contributed by atoms with Gasteiger partial charge in [0.1, 0.15) is 17.3 Å². The molecule has 0 unspecified atom stereocenters. The first-order chi connectivity index (χ1) is 7.82. The van der Waals surface area contributed by atoms with Crippen LogP contribution in [0.3, 0.4) is 0 Å². The molecule has 17 heavy (non-hydrogen) atoms. The molecule has 1 aromatic rings. The molecular formula is C11H11F3N2O. The van der Waals surface area contributed by atoms with Crippen molar-refractivity contribution in [2.75, 3.05) is 19.8 Å². The summed E-state index contributed by atoms with van der Waals surface area (Å²) in [4.78, 5) is 12.8. The van der Waals surface area contributed by atoms with Gasteiger partial charge in [-0.25, -0.2) is 13.2 Å². The number of anilines is 1. The molecular weight excluding hydrogens is 233 g/mol. The fourth-order valence-corrected chi connectivity index (χ4v) is 1.14. The van der Waals surface area contributed by atoms with Crippen molar-refractivity contribution in [2.45, 2.75) is 0 Å². The van der Waals surface area contributed by atoms with E-state index in [1.807, 2.05) is 0 Å². The van der Waals surface area contributed by atoms with E-state index in [9.17, 15) is 18.0 Å². The summed E-state index contributed by atoms with van der Waals surface area (Å²) in [6.45, 7) is 0. The number of halogens is 3. The van der Waals surface area contributed by atoms with Crippen LogP contribution in [0.25, 0.3) is 0 Å². The molecule has 1 aromatic carbocycles. The lowest BCUT2D eigenvalue weighted by molar-refractivity contribution is 0.100. The van der Waals surface area contributed by atoms with Gasteiger partial charge in [0, 0.05) is 25.9 Å². The minimum absolute atomic E-state index is 0.426. The van der Waals surface area contributed by atoms with Gasteiger partial charge in [-0.1, -0.05) is 0 Å². The lowest BCUT2D eigenvalue weighted by Crippen LogP contribution is -2.08. The van der Waals surface area contributed by atoms with Crippen LogP contribution >= 0.6 is 0 Å². The molecule has 0 amide bonds. The number of carbonyl (C=O) groups excluding carboxylic acids is 1. The van der Waals surface area contributed by atoms with Crippen LogP contribution in [-0.4, -0.2) is 24.8 Å².